The molecule has 27 heavy (non-hydrogen) atoms. The quantitative estimate of drug-likeness (QED) is 0.838. The molecule has 2 aromatic rings. The molecule has 0 saturated carbocycles. The van der Waals surface area contributed by atoms with E-state index in [1.807, 2.05) is 37.3 Å². The van der Waals surface area contributed by atoms with E-state index in [0.717, 1.165) is 28.9 Å². The van der Waals surface area contributed by atoms with Gasteiger partial charge in [-0.25, -0.2) is 0 Å². The lowest BCUT2D eigenvalue weighted by Gasteiger charge is -2.19. The molecule has 1 aliphatic heterocycles. The maximum Gasteiger partial charge on any atom is 0.229 e. The molecule has 1 atom stereocenters. The molecule has 1 unspecified atom stereocenters. The normalized spacial score (nSPS) is 16.9. The lowest BCUT2D eigenvalue weighted by molar-refractivity contribution is -0.122. The van der Waals surface area contributed by atoms with Crippen LogP contribution in [-0.2, 0) is 16.0 Å². The Morgan fingerprint density at radius 2 is 1.96 bits per heavy atom. The Kier molecular flexibility index (Phi) is 5.64. The first kappa shape index (κ1) is 19.2. The number of hydrogen-bond donors (Lipinski definition) is 1. The van der Waals surface area contributed by atoms with E-state index < -0.39 is 0 Å². The molecule has 2 aromatic carbocycles. The van der Waals surface area contributed by atoms with Gasteiger partial charge in [-0.1, -0.05) is 51.1 Å². The van der Waals surface area contributed by atoms with Crippen molar-refractivity contribution >= 4 is 23.2 Å². The summed E-state index contributed by atoms with van der Waals surface area (Å²) in [6.07, 6.45) is 1.18. The van der Waals surface area contributed by atoms with Gasteiger partial charge in [0.1, 0.15) is 0 Å². The van der Waals surface area contributed by atoms with Crippen molar-refractivity contribution in [1.82, 2.24) is 0 Å². The van der Waals surface area contributed by atoms with Crippen molar-refractivity contribution in [3.63, 3.8) is 0 Å². The highest BCUT2D eigenvalue weighted by atomic mass is 16.2. The Hall–Kier alpha value is -2.62. The van der Waals surface area contributed by atoms with E-state index in [1.165, 1.54) is 5.56 Å². The first-order valence-corrected chi connectivity index (χ1v) is 9.70. The molecule has 0 spiro atoms. The van der Waals surface area contributed by atoms with Gasteiger partial charge < -0.3 is 10.2 Å². The average molecular weight is 364 g/mol. The number of anilines is 2. The number of carbonyl (C=O) groups excluding carboxylic acids is 2. The van der Waals surface area contributed by atoms with Gasteiger partial charge in [0.25, 0.3) is 0 Å². The summed E-state index contributed by atoms with van der Waals surface area (Å²) < 4.78 is 0. The van der Waals surface area contributed by atoms with E-state index in [1.54, 1.807) is 4.90 Å². The van der Waals surface area contributed by atoms with E-state index >= 15 is 0 Å². The summed E-state index contributed by atoms with van der Waals surface area (Å²) in [5.41, 5.74) is 5.13. The fourth-order valence-electron chi connectivity index (χ4n) is 3.64. The summed E-state index contributed by atoms with van der Waals surface area (Å²) in [6, 6.07) is 14.1. The van der Waals surface area contributed by atoms with Crippen molar-refractivity contribution in [2.45, 2.75) is 46.5 Å². The van der Waals surface area contributed by atoms with Crippen molar-refractivity contribution in [1.29, 1.82) is 0 Å². The SMILES string of the molecule is CCc1cccc(N2CC(C(=O)Nc3c(C)cccc3C(C)C)CC2=O)c1. The molecule has 0 aliphatic carbocycles. The molecule has 0 bridgehead atoms. The Labute approximate surface area is 161 Å². The minimum atomic E-state index is -0.331. The number of hydrogen-bond acceptors (Lipinski definition) is 2. The molecule has 4 nitrogen and oxygen atoms in total. The average Bonchev–Trinajstić information content (AvgIpc) is 3.05. The molecular weight excluding hydrogens is 336 g/mol. The molecule has 0 radical (unpaired) electrons. The van der Waals surface area contributed by atoms with Crippen molar-refractivity contribution in [2.75, 3.05) is 16.8 Å². The smallest absolute Gasteiger partial charge is 0.229 e. The zero-order valence-electron chi connectivity index (χ0n) is 16.6. The number of benzene rings is 2. The molecule has 0 aromatic heterocycles. The van der Waals surface area contributed by atoms with Crippen LogP contribution in [0.3, 0.4) is 0 Å². The van der Waals surface area contributed by atoms with Gasteiger partial charge in [0, 0.05) is 24.3 Å². The van der Waals surface area contributed by atoms with E-state index in [2.05, 4.69) is 38.2 Å². The number of carbonyl (C=O) groups is 2. The second kappa shape index (κ2) is 7.95. The van der Waals surface area contributed by atoms with E-state index in [4.69, 9.17) is 0 Å². The van der Waals surface area contributed by atoms with Gasteiger partial charge in [-0.15, -0.1) is 0 Å². The molecule has 4 heteroatoms. The van der Waals surface area contributed by atoms with Crippen LogP contribution in [0, 0.1) is 12.8 Å². The first-order chi connectivity index (χ1) is 12.9. The monoisotopic (exact) mass is 364 g/mol. The minimum Gasteiger partial charge on any atom is -0.325 e. The summed E-state index contributed by atoms with van der Waals surface area (Å²) in [5, 5.41) is 3.10. The van der Waals surface area contributed by atoms with Crippen LogP contribution in [0.25, 0.3) is 0 Å². The van der Waals surface area contributed by atoms with Gasteiger partial charge in [0.15, 0.2) is 0 Å². The minimum absolute atomic E-state index is 0.0114. The molecule has 1 N–H and O–H groups in total. The Morgan fingerprint density at radius 3 is 2.67 bits per heavy atom. The summed E-state index contributed by atoms with van der Waals surface area (Å²) >= 11 is 0. The van der Waals surface area contributed by atoms with Crippen molar-refractivity contribution in [3.8, 4) is 0 Å². The maximum atomic E-state index is 12.9. The third-order valence-electron chi connectivity index (χ3n) is 5.30. The molecule has 1 saturated heterocycles. The lowest BCUT2D eigenvalue weighted by atomic mass is 9.97. The third kappa shape index (κ3) is 4.05. The Bertz CT molecular complexity index is 857. The van der Waals surface area contributed by atoms with Gasteiger partial charge in [0.2, 0.25) is 11.8 Å². The number of nitrogens with zero attached hydrogens (tertiary/aromatic N) is 1. The number of rotatable bonds is 5. The number of aryl methyl sites for hydroxylation is 2. The second-order valence-corrected chi connectivity index (χ2v) is 7.61. The largest absolute Gasteiger partial charge is 0.325 e. The van der Waals surface area contributed by atoms with Crippen LogP contribution in [0.2, 0.25) is 0 Å². The summed E-state index contributed by atoms with van der Waals surface area (Å²) in [5.74, 6) is -0.0768. The van der Waals surface area contributed by atoms with Gasteiger partial charge in [0.05, 0.1) is 5.92 Å². The van der Waals surface area contributed by atoms with Crippen LogP contribution < -0.4 is 10.2 Å². The highest BCUT2D eigenvalue weighted by Gasteiger charge is 2.35. The number of amides is 2. The van der Waals surface area contributed by atoms with Crippen LogP contribution in [0.4, 0.5) is 11.4 Å². The molecule has 1 fully saturated rings. The van der Waals surface area contributed by atoms with Gasteiger partial charge in [-0.2, -0.15) is 0 Å². The molecule has 2 amide bonds. The van der Waals surface area contributed by atoms with E-state index in [9.17, 15) is 9.59 Å². The fraction of sp³-hybridized carbons (Fsp3) is 0.391. The lowest BCUT2D eigenvalue weighted by Crippen LogP contribution is -2.28. The van der Waals surface area contributed by atoms with Crippen LogP contribution in [-0.4, -0.2) is 18.4 Å². The van der Waals surface area contributed by atoms with Gasteiger partial charge in [-0.3, -0.25) is 9.59 Å². The topological polar surface area (TPSA) is 49.4 Å². The third-order valence-corrected chi connectivity index (χ3v) is 5.30. The number of nitrogens with one attached hydrogen (secondary N) is 1. The molecular formula is C23H28N2O2. The van der Waals surface area contributed by atoms with Crippen molar-refractivity contribution in [2.24, 2.45) is 5.92 Å². The highest BCUT2D eigenvalue weighted by molar-refractivity contribution is 6.04. The van der Waals surface area contributed by atoms with E-state index in [-0.39, 0.29) is 24.2 Å². The van der Waals surface area contributed by atoms with Crippen molar-refractivity contribution < 1.29 is 9.59 Å². The molecule has 3 rings (SSSR count). The summed E-state index contributed by atoms with van der Waals surface area (Å²) in [7, 11) is 0. The first-order valence-electron chi connectivity index (χ1n) is 9.70. The molecule has 1 aliphatic rings. The van der Waals surface area contributed by atoms with Gasteiger partial charge >= 0.3 is 0 Å². The molecule has 1 heterocycles. The standard InChI is InChI=1S/C23H28N2O2/c1-5-17-9-7-10-19(12-17)25-14-18(13-21(25)26)23(27)24-22-16(4)8-6-11-20(22)15(2)3/h6-12,15,18H,5,13-14H2,1-4H3,(H,24,27). The van der Waals surface area contributed by atoms with Crippen LogP contribution in [0.5, 0.6) is 0 Å². The number of para-hydroxylation sites is 1. The highest BCUT2D eigenvalue weighted by Crippen LogP contribution is 2.30. The van der Waals surface area contributed by atoms with E-state index in [0.29, 0.717) is 12.5 Å². The van der Waals surface area contributed by atoms with Crippen LogP contribution >= 0.6 is 0 Å². The predicted octanol–water partition coefficient (Wildman–Crippen LogP) is 4.67. The zero-order chi connectivity index (χ0) is 19.6. The summed E-state index contributed by atoms with van der Waals surface area (Å²) in [4.78, 5) is 27.2. The Balaban J connectivity index is 1.77. The maximum absolute atomic E-state index is 12.9. The predicted molar refractivity (Wildman–Crippen MR) is 110 cm³/mol. The van der Waals surface area contributed by atoms with Crippen LogP contribution in [0.1, 0.15) is 49.8 Å². The van der Waals surface area contributed by atoms with Gasteiger partial charge in [-0.05, 0) is 48.1 Å². The van der Waals surface area contributed by atoms with Crippen LogP contribution in [0.15, 0.2) is 42.5 Å². The fourth-order valence-corrected chi connectivity index (χ4v) is 3.64. The zero-order valence-corrected chi connectivity index (χ0v) is 16.6. The second-order valence-electron chi connectivity index (χ2n) is 7.61. The Morgan fingerprint density at radius 1 is 1.22 bits per heavy atom. The van der Waals surface area contributed by atoms with Crippen molar-refractivity contribution in [3.05, 3.63) is 59.2 Å². The summed E-state index contributed by atoms with van der Waals surface area (Å²) in [6.45, 7) is 8.76. The molecule has 142 valence electrons.